The third kappa shape index (κ3) is 5.74. The Balaban J connectivity index is 1.90. The predicted molar refractivity (Wildman–Crippen MR) is 117 cm³/mol. The molecule has 0 saturated carbocycles. The van der Waals surface area contributed by atoms with E-state index in [1.807, 2.05) is 0 Å². The van der Waals surface area contributed by atoms with Crippen molar-refractivity contribution in [3.05, 3.63) is 61.2 Å². The van der Waals surface area contributed by atoms with Crippen molar-refractivity contribution in [1.82, 2.24) is 19.1 Å². The first-order chi connectivity index (χ1) is 14.3. The normalized spacial score (nSPS) is 12.6. The monoisotopic (exact) mass is 518 g/mol. The molecule has 12 heteroatoms. The highest BCUT2D eigenvalue weighted by molar-refractivity contribution is 9.10. The van der Waals surface area contributed by atoms with Crippen LogP contribution in [0.3, 0.4) is 0 Å². The molecule has 0 atom stereocenters. The molecule has 1 aromatic carbocycles. The van der Waals surface area contributed by atoms with Crippen molar-refractivity contribution in [1.29, 1.82) is 0 Å². The predicted octanol–water partition coefficient (Wildman–Crippen LogP) is 4.03. The van der Waals surface area contributed by atoms with Gasteiger partial charge in [0.05, 0.1) is 28.7 Å². The Hall–Kier alpha value is -2.18. The topological polar surface area (TPSA) is 81.9 Å². The van der Waals surface area contributed by atoms with E-state index in [1.54, 1.807) is 10.8 Å². The highest BCUT2D eigenvalue weighted by Crippen LogP contribution is 2.30. The summed E-state index contributed by atoms with van der Waals surface area (Å²) in [5.74, 6) is 0. The van der Waals surface area contributed by atoms with Crippen molar-refractivity contribution < 1.29 is 17.9 Å². The molecule has 0 aliphatic rings. The number of ether oxygens (including phenoxy) is 1. The van der Waals surface area contributed by atoms with E-state index < -0.39 is 31.1 Å². The maximum atomic E-state index is 13.1. The van der Waals surface area contributed by atoms with Crippen molar-refractivity contribution in [3.63, 3.8) is 0 Å². The molecule has 0 saturated heterocycles. The van der Waals surface area contributed by atoms with Crippen molar-refractivity contribution in [3.8, 4) is 0 Å². The van der Waals surface area contributed by atoms with Gasteiger partial charge in [0.1, 0.15) is 6.73 Å². The van der Waals surface area contributed by atoms with Crippen LogP contribution < -0.4 is 11.2 Å². The van der Waals surface area contributed by atoms with Crippen molar-refractivity contribution in [2.45, 2.75) is 45.1 Å². The molecule has 0 amide bonds. The first-order valence-electron chi connectivity index (χ1n) is 9.48. The maximum absolute atomic E-state index is 13.1. The molecule has 7 nitrogen and oxygen atoms in total. The number of benzene rings is 1. The van der Waals surface area contributed by atoms with Gasteiger partial charge in [-0.15, -0.1) is 0 Å². The molecule has 1 N–H and O–H groups in total. The van der Waals surface area contributed by atoms with E-state index in [1.165, 1.54) is 0 Å². The number of aromatic nitrogens is 4. The van der Waals surface area contributed by atoms with Crippen LogP contribution in [-0.4, -0.2) is 33.8 Å². The van der Waals surface area contributed by atoms with E-state index >= 15 is 0 Å². The lowest BCUT2D eigenvalue weighted by Crippen LogP contribution is -2.31. The number of imidazole rings is 1. The molecule has 0 aliphatic heterocycles. The number of aromatic amines is 1. The second kappa shape index (κ2) is 8.75. The largest absolute Gasteiger partial charge is 0.416 e. The summed E-state index contributed by atoms with van der Waals surface area (Å²) in [4.78, 5) is 30.9. The number of hydrogen-bond acceptors (Lipinski definition) is 4. The summed E-state index contributed by atoms with van der Waals surface area (Å²) in [6, 6.07) is 3.69. The smallest absolute Gasteiger partial charge is 0.361 e. The van der Waals surface area contributed by atoms with Gasteiger partial charge in [-0.05, 0) is 40.2 Å². The van der Waals surface area contributed by atoms with Crippen LogP contribution in [0.2, 0.25) is 25.7 Å². The van der Waals surface area contributed by atoms with Crippen LogP contribution in [0.25, 0.3) is 10.9 Å². The molecular formula is C19H22BrF3N4O3Si. The highest BCUT2D eigenvalue weighted by atomic mass is 79.9. The fourth-order valence-corrected chi connectivity index (χ4v) is 4.13. The fraction of sp³-hybridized carbons (Fsp3) is 0.421. The molecule has 0 bridgehead atoms. The third-order valence-corrected chi connectivity index (χ3v) is 6.99. The zero-order valence-electron chi connectivity index (χ0n) is 17.2. The quantitative estimate of drug-likeness (QED) is 0.378. The van der Waals surface area contributed by atoms with Crippen LogP contribution >= 0.6 is 15.9 Å². The van der Waals surface area contributed by atoms with Crippen LogP contribution in [0, 0.1) is 0 Å². The van der Waals surface area contributed by atoms with Gasteiger partial charge in [0.15, 0.2) is 4.73 Å². The molecule has 2 heterocycles. The summed E-state index contributed by atoms with van der Waals surface area (Å²) in [6.07, 6.45) is -2.95. The number of hydrogen-bond donors (Lipinski definition) is 1. The second-order valence-corrected chi connectivity index (χ2v) is 14.7. The van der Waals surface area contributed by atoms with Gasteiger partial charge in [-0.25, -0.2) is 9.78 Å². The molecule has 0 fully saturated rings. The molecule has 3 aromatic rings. The Morgan fingerprint density at radius 2 is 1.94 bits per heavy atom. The first kappa shape index (κ1) is 23.5. The average molecular weight is 519 g/mol. The lowest BCUT2D eigenvalue weighted by Gasteiger charge is -2.15. The lowest BCUT2D eigenvalue weighted by molar-refractivity contribution is -0.137. The lowest BCUT2D eigenvalue weighted by atomic mass is 10.1. The Labute approximate surface area is 185 Å². The van der Waals surface area contributed by atoms with Crippen molar-refractivity contribution >= 4 is 34.9 Å². The van der Waals surface area contributed by atoms with E-state index in [4.69, 9.17) is 4.74 Å². The molecule has 0 spiro atoms. The first-order valence-corrected chi connectivity index (χ1v) is 14.0. The number of nitrogens with one attached hydrogen (secondary N) is 1. The number of fused-ring (bicyclic) bond motifs is 1. The summed E-state index contributed by atoms with van der Waals surface area (Å²) >= 11 is 3.33. The molecule has 31 heavy (non-hydrogen) atoms. The van der Waals surface area contributed by atoms with Crippen LogP contribution in [0.5, 0.6) is 0 Å². The zero-order chi connectivity index (χ0) is 23.0. The van der Waals surface area contributed by atoms with Crippen molar-refractivity contribution in [2.75, 3.05) is 6.61 Å². The zero-order valence-corrected chi connectivity index (χ0v) is 19.8. The Morgan fingerprint density at radius 1 is 1.23 bits per heavy atom. The summed E-state index contributed by atoms with van der Waals surface area (Å²) < 4.78 is 48.4. The number of H-pyrrole nitrogens is 1. The minimum absolute atomic E-state index is 0.0132. The van der Waals surface area contributed by atoms with Crippen LogP contribution in [0.1, 0.15) is 11.3 Å². The van der Waals surface area contributed by atoms with Crippen LogP contribution in [-0.2, 0) is 24.2 Å². The Morgan fingerprint density at radius 3 is 2.58 bits per heavy atom. The number of nitrogens with zero attached hydrogens (tertiary/aromatic N) is 3. The van der Waals surface area contributed by atoms with Gasteiger partial charge in [0.25, 0.3) is 5.56 Å². The molecule has 0 aliphatic carbocycles. The molecule has 0 radical (unpaired) electrons. The van der Waals surface area contributed by atoms with Crippen LogP contribution in [0.4, 0.5) is 13.2 Å². The maximum Gasteiger partial charge on any atom is 0.416 e. The standard InChI is InChI=1S/C19H22BrF3N4O3Si/c1-31(2,3)7-6-30-11-26-9-13(24-17(26)20)10-27-15-8-12(19(21,22)23)4-5-14(15)16(28)25-18(27)29/h4-5,8-9H,6-7,10-11H2,1-3H3,(H,25,28,29). The molecular weight excluding hydrogens is 497 g/mol. The Kier molecular flexibility index (Phi) is 6.63. The minimum atomic E-state index is -4.60. The molecule has 3 rings (SSSR count). The van der Waals surface area contributed by atoms with Gasteiger partial charge < -0.3 is 9.30 Å². The van der Waals surface area contributed by atoms with Gasteiger partial charge >= 0.3 is 11.9 Å². The summed E-state index contributed by atoms with van der Waals surface area (Å²) in [5.41, 5.74) is -2.18. The molecule has 0 unspecified atom stereocenters. The molecule has 2 aromatic heterocycles. The minimum Gasteiger partial charge on any atom is -0.361 e. The van der Waals surface area contributed by atoms with Crippen molar-refractivity contribution in [2.24, 2.45) is 0 Å². The van der Waals surface area contributed by atoms with Gasteiger partial charge in [-0.2, -0.15) is 13.2 Å². The van der Waals surface area contributed by atoms with Gasteiger partial charge in [-0.3, -0.25) is 14.3 Å². The van der Waals surface area contributed by atoms with Crippen LogP contribution in [0.15, 0.2) is 38.7 Å². The third-order valence-electron chi connectivity index (χ3n) is 4.65. The van der Waals surface area contributed by atoms with E-state index in [0.717, 1.165) is 28.8 Å². The van der Waals surface area contributed by atoms with Gasteiger partial charge in [0.2, 0.25) is 0 Å². The SMILES string of the molecule is C[Si](C)(C)CCOCn1cc(Cn2c(=O)[nH]c(=O)c3ccc(C(F)(F)F)cc32)nc1Br. The van der Waals surface area contributed by atoms with E-state index in [-0.39, 0.29) is 24.2 Å². The highest BCUT2D eigenvalue weighted by Gasteiger charge is 2.31. The number of alkyl halides is 3. The fourth-order valence-electron chi connectivity index (χ4n) is 2.94. The van der Waals surface area contributed by atoms with Gasteiger partial charge in [0, 0.05) is 20.9 Å². The summed E-state index contributed by atoms with van der Waals surface area (Å²) in [6.45, 7) is 7.49. The summed E-state index contributed by atoms with van der Waals surface area (Å²) in [5, 5.41) is -0.0132. The van der Waals surface area contributed by atoms with Gasteiger partial charge in [-0.1, -0.05) is 19.6 Å². The number of rotatable bonds is 7. The Bertz CT molecular complexity index is 1210. The second-order valence-electron chi connectivity index (χ2n) is 8.39. The number of halogens is 4. The van der Waals surface area contributed by atoms with E-state index in [2.05, 4.69) is 45.5 Å². The molecule has 168 valence electrons. The summed E-state index contributed by atoms with van der Waals surface area (Å²) in [7, 11) is -1.22. The van der Waals surface area contributed by atoms with E-state index in [9.17, 15) is 22.8 Å². The van der Waals surface area contributed by atoms with E-state index in [0.29, 0.717) is 17.0 Å². The average Bonchev–Trinajstić information content (AvgIpc) is 2.99.